The number of hydrogen-bond acceptors (Lipinski definition) is 2. The van der Waals surface area contributed by atoms with Gasteiger partial charge in [-0.25, -0.2) is 0 Å². The third-order valence-electron chi connectivity index (χ3n) is 8.14. The molecule has 0 aromatic heterocycles. The first-order valence-corrected chi connectivity index (χ1v) is 11.8. The van der Waals surface area contributed by atoms with Crippen molar-refractivity contribution in [3.05, 3.63) is 0 Å². The van der Waals surface area contributed by atoms with Gasteiger partial charge in [0, 0.05) is 6.92 Å². The molecule has 0 aromatic rings. The number of carbonyl (C=O) groups excluding carboxylic acids is 1. The molecule has 0 aliphatic heterocycles. The van der Waals surface area contributed by atoms with Gasteiger partial charge in [-0.1, -0.05) is 64.7 Å². The van der Waals surface area contributed by atoms with Crippen LogP contribution in [0.2, 0.25) is 0 Å². The topological polar surface area (TPSA) is 26.3 Å². The Morgan fingerprint density at radius 1 is 0.692 bits per heavy atom. The van der Waals surface area contributed by atoms with Crippen LogP contribution in [0.15, 0.2) is 0 Å². The van der Waals surface area contributed by atoms with Gasteiger partial charge in [-0.15, -0.1) is 0 Å². The minimum atomic E-state index is -0.0999. The second-order valence-corrected chi connectivity index (χ2v) is 9.80. The molecule has 0 N–H and O–H groups in total. The Morgan fingerprint density at radius 2 is 1.12 bits per heavy atom. The summed E-state index contributed by atoms with van der Waals surface area (Å²) in [7, 11) is 0. The van der Waals surface area contributed by atoms with E-state index in [1.165, 1.54) is 83.5 Å². The number of hydrogen-bond donors (Lipinski definition) is 0. The van der Waals surface area contributed by atoms with Crippen LogP contribution in [0.1, 0.15) is 110 Å². The number of ether oxygens (including phenoxy) is 1. The largest absolute Gasteiger partial charge is 0.463 e. The highest BCUT2D eigenvalue weighted by atomic mass is 16.5. The van der Waals surface area contributed by atoms with E-state index in [1.807, 2.05) is 0 Å². The van der Waals surface area contributed by atoms with Gasteiger partial charge in [0.2, 0.25) is 0 Å². The van der Waals surface area contributed by atoms with Crippen LogP contribution < -0.4 is 0 Å². The molecule has 3 rings (SSSR count). The number of carbonyl (C=O) groups is 1. The van der Waals surface area contributed by atoms with E-state index >= 15 is 0 Å². The second kappa shape index (κ2) is 10.1. The maximum absolute atomic E-state index is 11.1. The van der Waals surface area contributed by atoms with E-state index < -0.39 is 0 Å². The fourth-order valence-corrected chi connectivity index (χ4v) is 6.26. The van der Waals surface area contributed by atoms with Crippen molar-refractivity contribution in [1.29, 1.82) is 0 Å². The molecule has 0 saturated heterocycles. The van der Waals surface area contributed by atoms with Crippen molar-refractivity contribution >= 4 is 5.97 Å². The van der Waals surface area contributed by atoms with Crippen molar-refractivity contribution < 1.29 is 9.53 Å². The first-order valence-electron chi connectivity index (χ1n) is 11.8. The van der Waals surface area contributed by atoms with Crippen LogP contribution in [-0.4, -0.2) is 12.1 Å². The summed E-state index contributed by atoms with van der Waals surface area (Å²) in [6.07, 6.45) is 21.3. The third kappa shape index (κ3) is 5.99. The summed E-state index contributed by atoms with van der Waals surface area (Å²) in [5.41, 5.74) is 0. The molecule has 150 valence electrons. The van der Waals surface area contributed by atoms with E-state index in [2.05, 4.69) is 6.92 Å². The molecule has 3 fully saturated rings. The average molecular weight is 363 g/mol. The number of rotatable bonds is 6. The monoisotopic (exact) mass is 362 g/mol. The van der Waals surface area contributed by atoms with Crippen LogP contribution in [0.3, 0.4) is 0 Å². The van der Waals surface area contributed by atoms with Crippen LogP contribution in [0.5, 0.6) is 0 Å². The molecule has 0 spiro atoms. The lowest BCUT2D eigenvalue weighted by Crippen LogP contribution is -2.29. The second-order valence-electron chi connectivity index (χ2n) is 9.80. The molecule has 0 heterocycles. The summed E-state index contributed by atoms with van der Waals surface area (Å²) >= 11 is 0. The van der Waals surface area contributed by atoms with Crippen LogP contribution >= 0.6 is 0 Å². The summed E-state index contributed by atoms with van der Waals surface area (Å²) in [5, 5.41) is 0. The van der Waals surface area contributed by atoms with E-state index in [9.17, 15) is 4.79 Å². The van der Waals surface area contributed by atoms with Gasteiger partial charge in [-0.2, -0.15) is 0 Å². The molecule has 2 nitrogen and oxygen atoms in total. The van der Waals surface area contributed by atoms with Gasteiger partial charge in [0.05, 0.1) is 0 Å². The van der Waals surface area contributed by atoms with Crippen molar-refractivity contribution in [2.24, 2.45) is 29.6 Å². The van der Waals surface area contributed by atoms with Gasteiger partial charge in [-0.3, -0.25) is 4.79 Å². The smallest absolute Gasteiger partial charge is 0.302 e. The first-order chi connectivity index (χ1) is 12.6. The van der Waals surface area contributed by atoms with Gasteiger partial charge in [-0.05, 0) is 68.1 Å². The predicted octanol–water partition coefficient (Wildman–Crippen LogP) is 6.91. The molecule has 3 aliphatic rings. The van der Waals surface area contributed by atoms with Crippen LogP contribution in [0, 0.1) is 29.6 Å². The Labute approximate surface area is 161 Å². The van der Waals surface area contributed by atoms with E-state index in [-0.39, 0.29) is 12.1 Å². The Bertz CT molecular complexity index is 408. The minimum Gasteiger partial charge on any atom is -0.463 e. The predicted molar refractivity (Wildman–Crippen MR) is 108 cm³/mol. The molecule has 3 aliphatic carbocycles. The van der Waals surface area contributed by atoms with E-state index in [1.54, 1.807) is 6.92 Å². The zero-order valence-electron chi connectivity index (χ0n) is 17.4. The van der Waals surface area contributed by atoms with Crippen LogP contribution in [0.25, 0.3) is 0 Å². The lowest BCUT2D eigenvalue weighted by molar-refractivity contribution is -0.148. The first kappa shape index (κ1) is 20.2. The standard InChI is InChI=1S/C24H42O2/c1-3-19-4-6-20(7-5-19)8-9-21-10-12-22(13-11-21)23-14-16-24(17-15-23)26-18(2)25/h19-24H,3-17H2,1-2H3/t19-,20-,21-,22-,23-,24-. The van der Waals surface area contributed by atoms with Crippen molar-refractivity contribution in [2.75, 3.05) is 0 Å². The van der Waals surface area contributed by atoms with Crippen molar-refractivity contribution in [3.8, 4) is 0 Å². The SMILES string of the molecule is CC[C@H]1CC[C@H](CC[C@H]2CC[C@H]([C@H]3CC[C@H](OC(C)=O)CC3)CC2)CC1. The molecule has 0 unspecified atom stereocenters. The molecule has 26 heavy (non-hydrogen) atoms. The highest BCUT2D eigenvalue weighted by Gasteiger charge is 2.32. The third-order valence-corrected chi connectivity index (χ3v) is 8.14. The highest BCUT2D eigenvalue weighted by Crippen LogP contribution is 2.42. The van der Waals surface area contributed by atoms with E-state index in [4.69, 9.17) is 4.74 Å². The molecule has 0 amide bonds. The fraction of sp³-hybridized carbons (Fsp3) is 0.958. The van der Waals surface area contributed by atoms with Gasteiger partial charge in [0.1, 0.15) is 6.10 Å². The van der Waals surface area contributed by atoms with Crippen molar-refractivity contribution in [1.82, 2.24) is 0 Å². The fourth-order valence-electron chi connectivity index (χ4n) is 6.26. The zero-order chi connectivity index (χ0) is 18.4. The molecule has 2 heteroatoms. The molecule has 0 aromatic carbocycles. The quantitative estimate of drug-likeness (QED) is 0.480. The lowest BCUT2D eigenvalue weighted by Gasteiger charge is -2.38. The maximum Gasteiger partial charge on any atom is 0.302 e. The van der Waals surface area contributed by atoms with Crippen molar-refractivity contribution in [3.63, 3.8) is 0 Å². The number of esters is 1. The normalized spacial score (nSPS) is 38.7. The summed E-state index contributed by atoms with van der Waals surface area (Å²) in [4.78, 5) is 11.1. The van der Waals surface area contributed by atoms with E-state index in [0.29, 0.717) is 0 Å². The summed E-state index contributed by atoms with van der Waals surface area (Å²) in [5.74, 6) is 4.88. The Kier molecular flexibility index (Phi) is 7.88. The molecular weight excluding hydrogens is 320 g/mol. The summed E-state index contributed by atoms with van der Waals surface area (Å²) in [6.45, 7) is 3.91. The maximum atomic E-state index is 11.1. The molecular formula is C24H42O2. The van der Waals surface area contributed by atoms with Crippen LogP contribution in [-0.2, 0) is 9.53 Å². The van der Waals surface area contributed by atoms with E-state index in [0.717, 1.165) is 42.4 Å². The minimum absolute atomic E-state index is 0.0999. The van der Waals surface area contributed by atoms with Gasteiger partial charge in [0.25, 0.3) is 0 Å². The molecule has 0 radical (unpaired) electrons. The summed E-state index contributed by atoms with van der Waals surface area (Å²) < 4.78 is 5.41. The molecule has 0 atom stereocenters. The Hall–Kier alpha value is -0.530. The highest BCUT2D eigenvalue weighted by molar-refractivity contribution is 5.66. The zero-order valence-corrected chi connectivity index (χ0v) is 17.4. The van der Waals surface area contributed by atoms with Gasteiger partial charge < -0.3 is 4.74 Å². The van der Waals surface area contributed by atoms with Gasteiger partial charge >= 0.3 is 5.97 Å². The molecule has 0 bridgehead atoms. The molecule has 3 saturated carbocycles. The summed E-state index contributed by atoms with van der Waals surface area (Å²) in [6, 6.07) is 0. The lowest BCUT2D eigenvalue weighted by atomic mass is 9.69. The Balaban J connectivity index is 1.29. The van der Waals surface area contributed by atoms with Crippen LogP contribution in [0.4, 0.5) is 0 Å². The van der Waals surface area contributed by atoms with Crippen molar-refractivity contribution in [2.45, 2.75) is 116 Å². The van der Waals surface area contributed by atoms with Gasteiger partial charge in [0.15, 0.2) is 0 Å². The average Bonchev–Trinajstić information content (AvgIpc) is 2.67. The Morgan fingerprint density at radius 3 is 1.58 bits per heavy atom.